The molecule has 28 heavy (non-hydrogen) atoms. The van der Waals surface area contributed by atoms with Gasteiger partial charge in [-0.15, -0.1) is 0 Å². The Hall–Kier alpha value is -0.850. The fourth-order valence-electron chi connectivity index (χ4n) is 4.13. The topological polar surface area (TPSA) is 3.88 Å². The van der Waals surface area contributed by atoms with E-state index in [1.807, 2.05) is 0 Å². The zero-order valence-corrected chi connectivity index (χ0v) is 19.6. The van der Waals surface area contributed by atoms with Gasteiger partial charge in [0.2, 0.25) is 0 Å². The van der Waals surface area contributed by atoms with Crippen molar-refractivity contribution >= 4 is 0 Å². The molecular weight excluding hydrogens is 338 g/mol. The average molecular weight is 389 g/mol. The highest BCUT2D eigenvalue weighted by Gasteiger charge is 2.05. The molecule has 1 heteroatoms. The summed E-state index contributed by atoms with van der Waals surface area (Å²) in [5.41, 5.74) is 2.96. The molecule has 0 aliphatic carbocycles. The monoisotopic (exact) mass is 388 g/mol. The van der Waals surface area contributed by atoms with Crippen LogP contribution in [0.15, 0.2) is 18.5 Å². The van der Waals surface area contributed by atoms with Crippen LogP contribution in [0.5, 0.6) is 0 Å². The molecule has 0 saturated carbocycles. The highest BCUT2D eigenvalue weighted by molar-refractivity contribution is 5.14. The van der Waals surface area contributed by atoms with Gasteiger partial charge in [-0.1, -0.05) is 111 Å². The lowest BCUT2D eigenvalue weighted by molar-refractivity contribution is -0.698. The molecule has 0 spiro atoms. The molecular formula is C27H50N+. The summed E-state index contributed by atoms with van der Waals surface area (Å²) in [5, 5.41) is 0. The lowest BCUT2D eigenvalue weighted by atomic mass is 10.0. The van der Waals surface area contributed by atoms with Gasteiger partial charge in [0, 0.05) is 17.5 Å². The molecule has 0 bridgehead atoms. The molecule has 1 aromatic heterocycles. The summed E-state index contributed by atoms with van der Waals surface area (Å²) in [6.07, 6.45) is 30.1. The Balaban J connectivity index is 1.88. The molecule has 1 aromatic rings. The molecule has 0 amide bonds. The van der Waals surface area contributed by atoms with Crippen LogP contribution in [0.4, 0.5) is 0 Å². The molecule has 0 unspecified atom stereocenters. The van der Waals surface area contributed by atoms with E-state index in [-0.39, 0.29) is 0 Å². The van der Waals surface area contributed by atoms with Gasteiger partial charge in [0.05, 0.1) is 0 Å². The average Bonchev–Trinajstić information content (AvgIpc) is 2.73. The fraction of sp³-hybridized carbons (Fsp3) is 0.815. The number of nitrogens with zero attached hydrogens (tertiary/aromatic N) is 1. The third-order valence-electron chi connectivity index (χ3n) is 6.12. The van der Waals surface area contributed by atoms with Crippen LogP contribution in [0.1, 0.15) is 135 Å². The van der Waals surface area contributed by atoms with Crippen LogP contribution >= 0.6 is 0 Å². The number of pyridine rings is 1. The van der Waals surface area contributed by atoms with E-state index < -0.39 is 0 Å². The summed E-state index contributed by atoms with van der Waals surface area (Å²) in [4.78, 5) is 0. The molecule has 0 aromatic carbocycles. The zero-order chi connectivity index (χ0) is 20.3. The second kappa shape index (κ2) is 18.2. The maximum Gasteiger partial charge on any atom is 0.171 e. The van der Waals surface area contributed by atoms with Gasteiger partial charge in [-0.05, 0) is 25.3 Å². The van der Waals surface area contributed by atoms with E-state index in [0.717, 1.165) is 12.8 Å². The molecule has 1 heterocycles. The minimum atomic E-state index is 1.15. The molecule has 0 aliphatic heterocycles. The van der Waals surface area contributed by atoms with Crippen LogP contribution in [0, 0.1) is 0 Å². The lowest BCUT2D eigenvalue weighted by Gasteiger charge is -2.04. The minimum Gasteiger partial charge on any atom is -0.205 e. The second-order valence-corrected chi connectivity index (χ2v) is 8.80. The van der Waals surface area contributed by atoms with E-state index in [1.165, 1.54) is 120 Å². The fourth-order valence-corrected chi connectivity index (χ4v) is 4.13. The standard InChI is InChI=1S/C27H50N/c1-4-7-8-9-10-11-12-13-14-15-16-17-18-19-20-21-22-28-24-26(5-2)23-27(6-3)25-28/h23-25H,4-22H2,1-3H3/q+1. The minimum absolute atomic E-state index is 1.15. The highest BCUT2D eigenvalue weighted by Crippen LogP contribution is 2.13. The lowest BCUT2D eigenvalue weighted by Crippen LogP contribution is -2.34. The Bertz CT molecular complexity index is 443. The number of hydrogen-bond acceptors (Lipinski definition) is 0. The van der Waals surface area contributed by atoms with Crippen LogP contribution in [-0.2, 0) is 19.4 Å². The van der Waals surface area contributed by atoms with Gasteiger partial charge in [0.25, 0.3) is 0 Å². The molecule has 0 aliphatic rings. The molecule has 0 N–H and O–H groups in total. The summed E-state index contributed by atoms with van der Waals surface area (Å²) in [6.45, 7) is 8.01. The van der Waals surface area contributed by atoms with Crippen molar-refractivity contribution in [3.63, 3.8) is 0 Å². The molecule has 0 atom stereocenters. The van der Waals surface area contributed by atoms with E-state index in [9.17, 15) is 0 Å². The predicted octanol–water partition coefficient (Wildman–Crippen LogP) is 8.36. The summed E-state index contributed by atoms with van der Waals surface area (Å²) in [5.74, 6) is 0. The van der Waals surface area contributed by atoms with E-state index in [1.54, 1.807) is 0 Å². The van der Waals surface area contributed by atoms with Gasteiger partial charge in [-0.2, -0.15) is 0 Å². The van der Waals surface area contributed by atoms with Crippen molar-refractivity contribution in [2.45, 2.75) is 143 Å². The van der Waals surface area contributed by atoms with Crippen molar-refractivity contribution in [1.82, 2.24) is 0 Å². The first-order chi connectivity index (χ1) is 13.8. The number of aromatic nitrogens is 1. The van der Waals surface area contributed by atoms with Gasteiger partial charge in [0.15, 0.2) is 12.4 Å². The van der Waals surface area contributed by atoms with Crippen molar-refractivity contribution in [2.75, 3.05) is 0 Å². The largest absolute Gasteiger partial charge is 0.205 e. The normalized spacial score (nSPS) is 11.2. The van der Waals surface area contributed by atoms with Crippen molar-refractivity contribution in [3.05, 3.63) is 29.6 Å². The van der Waals surface area contributed by atoms with Crippen LogP contribution in [-0.4, -0.2) is 0 Å². The first-order valence-corrected chi connectivity index (χ1v) is 12.8. The Morgan fingerprint density at radius 1 is 0.500 bits per heavy atom. The maximum absolute atomic E-state index is 2.43. The van der Waals surface area contributed by atoms with Crippen LogP contribution in [0.3, 0.4) is 0 Å². The molecule has 0 radical (unpaired) electrons. The SMILES string of the molecule is CCCCCCCCCCCCCCCCCC[n+]1cc(CC)cc(CC)c1. The zero-order valence-electron chi connectivity index (χ0n) is 19.6. The summed E-state index contributed by atoms with van der Waals surface area (Å²) in [6, 6.07) is 2.37. The second-order valence-electron chi connectivity index (χ2n) is 8.80. The smallest absolute Gasteiger partial charge is 0.171 e. The first-order valence-electron chi connectivity index (χ1n) is 12.8. The summed E-state index contributed by atoms with van der Waals surface area (Å²) in [7, 11) is 0. The third-order valence-corrected chi connectivity index (χ3v) is 6.12. The maximum atomic E-state index is 2.43. The van der Waals surface area contributed by atoms with Crippen LogP contribution in [0.25, 0.3) is 0 Å². The van der Waals surface area contributed by atoms with Crippen molar-refractivity contribution in [1.29, 1.82) is 0 Å². The molecule has 162 valence electrons. The van der Waals surface area contributed by atoms with E-state index in [0.29, 0.717) is 0 Å². The number of hydrogen-bond donors (Lipinski definition) is 0. The van der Waals surface area contributed by atoms with Crippen molar-refractivity contribution in [2.24, 2.45) is 0 Å². The van der Waals surface area contributed by atoms with Crippen molar-refractivity contribution in [3.8, 4) is 0 Å². The highest BCUT2D eigenvalue weighted by atomic mass is 14.9. The quantitative estimate of drug-likeness (QED) is 0.165. The van der Waals surface area contributed by atoms with Crippen LogP contribution < -0.4 is 4.57 Å². The van der Waals surface area contributed by atoms with Gasteiger partial charge in [-0.3, -0.25) is 0 Å². The van der Waals surface area contributed by atoms with Gasteiger partial charge >= 0.3 is 0 Å². The molecule has 0 fully saturated rings. The molecule has 1 nitrogen and oxygen atoms in total. The predicted molar refractivity (Wildman–Crippen MR) is 125 cm³/mol. The first kappa shape index (κ1) is 25.2. The Morgan fingerprint density at radius 2 is 0.857 bits per heavy atom. The van der Waals surface area contributed by atoms with E-state index in [2.05, 4.69) is 43.8 Å². The number of rotatable bonds is 19. The van der Waals surface area contributed by atoms with E-state index >= 15 is 0 Å². The van der Waals surface area contributed by atoms with Gasteiger partial charge < -0.3 is 0 Å². The summed E-state index contributed by atoms with van der Waals surface area (Å²) < 4.78 is 2.43. The van der Waals surface area contributed by atoms with Crippen LogP contribution in [0.2, 0.25) is 0 Å². The molecule has 0 saturated heterocycles. The third kappa shape index (κ3) is 13.3. The van der Waals surface area contributed by atoms with Gasteiger partial charge in [-0.25, -0.2) is 4.57 Å². The molecule has 1 rings (SSSR count). The number of unbranched alkanes of at least 4 members (excludes halogenated alkanes) is 15. The Morgan fingerprint density at radius 3 is 1.21 bits per heavy atom. The number of aryl methyl sites for hydroxylation is 3. The Labute approximate surface area is 177 Å². The Kier molecular flexibility index (Phi) is 16.4. The van der Waals surface area contributed by atoms with Crippen molar-refractivity contribution < 1.29 is 4.57 Å². The van der Waals surface area contributed by atoms with Gasteiger partial charge in [0.1, 0.15) is 6.54 Å². The summed E-state index contributed by atoms with van der Waals surface area (Å²) >= 11 is 0. The van der Waals surface area contributed by atoms with E-state index in [4.69, 9.17) is 0 Å².